The maximum Gasteiger partial charge on any atom is 0.0771 e. The molecule has 3 nitrogen and oxygen atoms in total. The van der Waals surface area contributed by atoms with Gasteiger partial charge < -0.3 is 10.4 Å². The van der Waals surface area contributed by atoms with Crippen LogP contribution in [0.15, 0.2) is 0 Å². The quantitative estimate of drug-likeness (QED) is 0.719. The van der Waals surface area contributed by atoms with Gasteiger partial charge in [-0.1, -0.05) is 0 Å². The average molecular weight is 217 g/mol. The van der Waals surface area contributed by atoms with E-state index in [4.69, 9.17) is 0 Å². The van der Waals surface area contributed by atoms with Crippen LogP contribution in [0.4, 0.5) is 0 Å². The molecule has 0 aromatic heterocycles. The standard InChI is InChI=1S/C10H19NO2S/c12-10(4-1-5-10)8-11-9-2-6-14(13)7-3-9/h9,11-12H,1-8H2. The third-order valence-electron chi connectivity index (χ3n) is 3.39. The minimum atomic E-state index is -0.576. The molecule has 1 aliphatic carbocycles. The van der Waals surface area contributed by atoms with E-state index in [2.05, 4.69) is 5.32 Å². The van der Waals surface area contributed by atoms with E-state index in [0.717, 1.165) is 50.2 Å². The van der Waals surface area contributed by atoms with Gasteiger partial charge in [0, 0.05) is 34.9 Å². The van der Waals surface area contributed by atoms with E-state index in [1.165, 1.54) is 0 Å². The molecule has 2 N–H and O–H groups in total. The summed E-state index contributed by atoms with van der Waals surface area (Å²) in [6.07, 6.45) is 5.05. The largest absolute Gasteiger partial charge is 0.389 e. The van der Waals surface area contributed by atoms with Crippen LogP contribution in [0.3, 0.4) is 0 Å². The molecule has 0 amide bonds. The monoisotopic (exact) mass is 217 g/mol. The van der Waals surface area contributed by atoms with Crippen LogP contribution in [0, 0.1) is 0 Å². The molecule has 1 saturated carbocycles. The molecule has 2 aliphatic rings. The normalized spacial score (nSPS) is 36.4. The molecule has 14 heavy (non-hydrogen) atoms. The third-order valence-corrected chi connectivity index (χ3v) is 4.77. The minimum absolute atomic E-state index is 0.420. The first-order valence-corrected chi connectivity index (χ1v) is 6.98. The topological polar surface area (TPSA) is 49.3 Å². The van der Waals surface area contributed by atoms with Crippen molar-refractivity contribution in [2.75, 3.05) is 18.1 Å². The zero-order valence-corrected chi connectivity index (χ0v) is 9.31. The molecule has 2 fully saturated rings. The minimum Gasteiger partial charge on any atom is -0.389 e. The van der Waals surface area contributed by atoms with Gasteiger partial charge in [-0.25, -0.2) is 0 Å². The van der Waals surface area contributed by atoms with Gasteiger partial charge in [0.15, 0.2) is 0 Å². The molecular formula is C10H19NO2S. The van der Waals surface area contributed by atoms with Gasteiger partial charge in [0.05, 0.1) is 5.60 Å². The van der Waals surface area contributed by atoms with Gasteiger partial charge >= 0.3 is 0 Å². The first-order chi connectivity index (χ1) is 6.68. The Morgan fingerprint density at radius 3 is 2.50 bits per heavy atom. The van der Waals surface area contributed by atoms with Crippen LogP contribution >= 0.6 is 0 Å². The Hall–Kier alpha value is 0.0700. The summed E-state index contributed by atoms with van der Waals surface area (Å²) in [5, 5.41) is 13.3. The number of nitrogens with one attached hydrogen (secondary N) is 1. The summed E-state index contributed by atoms with van der Waals surface area (Å²) in [5.41, 5.74) is -0.420. The molecular weight excluding hydrogens is 198 g/mol. The summed E-state index contributed by atoms with van der Waals surface area (Å²) >= 11 is 0. The van der Waals surface area contributed by atoms with Crippen molar-refractivity contribution >= 4 is 10.8 Å². The Labute approximate surface area is 87.7 Å². The van der Waals surface area contributed by atoms with Crippen molar-refractivity contribution in [3.63, 3.8) is 0 Å². The van der Waals surface area contributed by atoms with E-state index >= 15 is 0 Å². The van der Waals surface area contributed by atoms with Crippen molar-refractivity contribution < 1.29 is 9.32 Å². The van der Waals surface area contributed by atoms with Crippen LogP contribution in [0.25, 0.3) is 0 Å². The maximum absolute atomic E-state index is 11.1. The van der Waals surface area contributed by atoms with Gasteiger partial charge in [0.25, 0.3) is 0 Å². The van der Waals surface area contributed by atoms with E-state index in [-0.39, 0.29) is 0 Å². The Morgan fingerprint density at radius 2 is 2.00 bits per heavy atom. The van der Waals surface area contributed by atoms with Gasteiger partial charge in [-0.15, -0.1) is 0 Å². The van der Waals surface area contributed by atoms with E-state index < -0.39 is 16.4 Å². The van der Waals surface area contributed by atoms with Crippen LogP contribution in [0.1, 0.15) is 32.1 Å². The van der Waals surface area contributed by atoms with Crippen LogP contribution < -0.4 is 5.32 Å². The fraction of sp³-hybridized carbons (Fsp3) is 1.00. The second-order valence-electron chi connectivity index (χ2n) is 4.58. The molecule has 0 spiro atoms. The molecule has 0 radical (unpaired) electrons. The maximum atomic E-state index is 11.1. The highest BCUT2D eigenvalue weighted by Gasteiger charge is 2.34. The molecule has 0 bridgehead atoms. The lowest BCUT2D eigenvalue weighted by Gasteiger charge is -2.38. The highest BCUT2D eigenvalue weighted by Crippen LogP contribution is 2.30. The summed E-state index contributed by atoms with van der Waals surface area (Å²) in [7, 11) is -0.576. The second-order valence-corrected chi connectivity index (χ2v) is 6.28. The molecule has 2 rings (SSSR count). The highest BCUT2D eigenvalue weighted by atomic mass is 32.2. The SMILES string of the molecule is O=S1CCC(NCC2(O)CCC2)CC1. The van der Waals surface area contributed by atoms with Gasteiger partial charge in [0.2, 0.25) is 0 Å². The lowest BCUT2D eigenvalue weighted by Crippen LogP contribution is -2.50. The summed E-state index contributed by atoms with van der Waals surface area (Å²) in [6.45, 7) is 0.726. The Morgan fingerprint density at radius 1 is 1.36 bits per heavy atom. The average Bonchev–Trinajstić information content (AvgIpc) is 2.14. The summed E-state index contributed by atoms with van der Waals surface area (Å²) in [4.78, 5) is 0. The lowest BCUT2D eigenvalue weighted by atomic mass is 9.80. The Kier molecular flexibility index (Phi) is 3.24. The van der Waals surface area contributed by atoms with Crippen LogP contribution in [-0.4, -0.2) is 39.0 Å². The zero-order chi connectivity index (χ0) is 10.0. The van der Waals surface area contributed by atoms with Crippen LogP contribution in [0.2, 0.25) is 0 Å². The predicted octanol–water partition coefficient (Wildman–Crippen LogP) is 0.402. The number of aliphatic hydroxyl groups is 1. The molecule has 0 atom stereocenters. The first kappa shape index (κ1) is 10.6. The summed E-state index contributed by atoms with van der Waals surface area (Å²) < 4.78 is 11.1. The first-order valence-electron chi connectivity index (χ1n) is 5.49. The molecule has 1 aliphatic heterocycles. The zero-order valence-electron chi connectivity index (χ0n) is 8.50. The summed E-state index contributed by atoms with van der Waals surface area (Å²) in [5.74, 6) is 1.66. The van der Waals surface area contributed by atoms with E-state index in [1.54, 1.807) is 0 Å². The fourth-order valence-corrected chi connectivity index (χ4v) is 3.39. The van der Waals surface area contributed by atoms with Gasteiger partial charge in [-0.05, 0) is 32.1 Å². The second kappa shape index (κ2) is 4.29. The molecule has 0 unspecified atom stereocenters. The van der Waals surface area contributed by atoms with E-state index in [0.29, 0.717) is 6.04 Å². The molecule has 82 valence electrons. The van der Waals surface area contributed by atoms with Crippen molar-refractivity contribution in [3.05, 3.63) is 0 Å². The van der Waals surface area contributed by atoms with Gasteiger partial charge in [-0.2, -0.15) is 0 Å². The highest BCUT2D eigenvalue weighted by molar-refractivity contribution is 7.85. The summed E-state index contributed by atoms with van der Waals surface area (Å²) in [6, 6.07) is 0.484. The van der Waals surface area contributed by atoms with Gasteiger partial charge in [-0.3, -0.25) is 4.21 Å². The number of hydrogen-bond acceptors (Lipinski definition) is 3. The van der Waals surface area contributed by atoms with Crippen molar-refractivity contribution in [3.8, 4) is 0 Å². The molecule has 1 saturated heterocycles. The fourth-order valence-electron chi connectivity index (χ4n) is 2.09. The van der Waals surface area contributed by atoms with Crippen molar-refractivity contribution in [1.29, 1.82) is 0 Å². The predicted molar refractivity (Wildman–Crippen MR) is 57.7 cm³/mol. The number of rotatable bonds is 3. The molecule has 1 heterocycles. The third kappa shape index (κ3) is 2.55. The Bertz CT molecular complexity index is 218. The van der Waals surface area contributed by atoms with Crippen LogP contribution in [-0.2, 0) is 10.8 Å². The van der Waals surface area contributed by atoms with E-state index in [9.17, 15) is 9.32 Å². The lowest BCUT2D eigenvalue weighted by molar-refractivity contribution is -0.0333. The Balaban J connectivity index is 1.68. The van der Waals surface area contributed by atoms with Crippen molar-refractivity contribution in [1.82, 2.24) is 5.32 Å². The smallest absolute Gasteiger partial charge is 0.0771 e. The van der Waals surface area contributed by atoms with Crippen molar-refractivity contribution in [2.24, 2.45) is 0 Å². The van der Waals surface area contributed by atoms with Crippen LogP contribution in [0.5, 0.6) is 0 Å². The van der Waals surface area contributed by atoms with Crippen molar-refractivity contribution in [2.45, 2.75) is 43.7 Å². The molecule has 0 aromatic carbocycles. The van der Waals surface area contributed by atoms with Gasteiger partial charge in [0.1, 0.15) is 0 Å². The van der Waals surface area contributed by atoms with E-state index in [1.807, 2.05) is 0 Å². The number of hydrogen-bond donors (Lipinski definition) is 2. The molecule has 0 aromatic rings. The molecule has 4 heteroatoms.